The molecule has 0 unspecified atom stereocenters. The number of hydrogen-bond acceptors (Lipinski definition) is 3. The van der Waals surface area contributed by atoms with Gasteiger partial charge in [-0.2, -0.15) is 0 Å². The highest BCUT2D eigenvalue weighted by molar-refractivity contribution is 5.43. The molecule has 0 saturated carbocycles. The summed E-state index contributed by atoms with van der Waals surface area (Å²) >= 11 is 0. The Labute approximate surface area is 109 Å². The average molecular weight is 267 g/mol. The van der Waals surface area contributed by atoms with E-state index < -0.39 is 5.92 Å². The summed E-state index contributed by atoms with van der Waals surface area (Å²) in [5.74, 6) is -1.82. The predicted molar refractivity (Wildman–Crippen MR) is 66.7 cm³/mol. The molecule has 0 bridgehead atoms. The number of nitrogens with zero attached hydrogens (tertiary/aromatic N) is 3. The molecule has 19 heavy (non-hydrogen) atoms. The molecule has 0 aliphatic carbocycles. The fraction of sp³-hybridized carbons (Fsp3) is 0.462. The van der Waals surface area contributed by atoms with E-state index in [1.807, 2.05) is 28.9 Å². The molecule has 0 amide bonds. The highest BCUT2D eigenvalue weighted by Gasteiger charge is 2.37. The first-order valence-corrected chi connectivity index (χ1v) is 6.28. The van der Waals surface area contributed by atoms with Crippen LogP contribution in [0.25, 0.3) is 5.65 Å². The van der Waals surface area contributed by atoms with Crippen molar-refractivity contribution < 1.29 is 13.5 Å². The van der Waals surface area contributed by atoms with E-state index in [1.165, 1.54) is 0 Å². The Morgan fingerprint density at radius 1 is 1.37 bits per heavy atom. The molecule has 2 aromatic rings. The van der Waals surface area contributed by atoms with Crippen molar-refractivity contribution >= 4 is 5.65 Å². The van der Waals surface area contributed by atoms with Crippen molar-refractivity contribution in [3.8, 4) is 5.75 Å². The van der Waals surface area contributed by atoms with E-state index in [2.05, 4.69) is 4.98 Å². The highest BCUT2D eigenvalue weighted by Crippen LogP contribution is 2.26. The van der Waals surface area contributed by atoms with E-state index in [0.717, 1.165) is 5.65 Å². The molecule has 1 fully saturated rings. The summed E-state index contributed by atoms with van der Waals surface area (Å²) in [7, 11) is 0. The summed E-state index contributed by atoms with van der Waals surface area (Å²) < 4.78 is 33.4. The summed E-state index contributed by atoms with van der Waals surface area (Å²) in [5.41, 5.74) is 0.810. The van der Waals surface area contributed by atoms with Crippen LogP contribution in [-0.4, -0.2) is 46.4 Å². The van der Waals surface area contributed by atoms with Crippen molar-refractivity contribution in [1.29, 1.82) is 0 Å². The average Bonchev–Trinajstić information content (AvgIpc) is 2.95. The van der Waals surface area contributed by atoms with Gasteiger partial charge in [-0.25, -0.2) is 13.8 Å². The smallest absolute Gasteiger partial charge is 0.261 e. The van der Waals surface area contributed by atoms with E-state index in [1.54, 1.807) is 11.1 Å². The van der Waals surface area contributed by atoms with Gasteiger partial charge in [0.25, 0.3) is 5.92 Å². The van der Waals surface area contributed by atoms with Crippen molar-refractivity contribution in [3.05, 3.63) is 30.7 Å². The molecule has 102 valence electrons. The number of ether oxygens (including phenoxy) is 1. The topological polar surface area (TPSA) is 29.8 Å². The fourth-order valence-electron chi connectivity index (χ4n) is 2.27. The lowest BCUT2D eigenvalue weighted by Gasteiger charge is -2.15. The normalized spacial score (nSPS) is 19.1. The first-order chi connectivity index (χ1) is 9.12. The Kier molecular flexibility index (Phi) is 3.10. The monoisotopic (exact) mass is 267 g/mol. The lowest BCUT2D eigenvalue weighted by atomic mass is 10.3. The Morgan fingerprint density at radius 3 is 3.05 bits per heavy atom. The summed E-state index contributed by atoms with van der Waals surface area (Å²) in [6.45, 7) is 1.22. The van der Waals surface area contributed by atoms with Gasteiger partial charge >= 0.3 is 0 Å². The van der Waals surface area contributed by atoms with E-state index >= 15 is 0 Å². The van der Waals surface area contributed by atoms with Gasteiger partial charge in [-0.05, 0) is 6.07 Å². The Hall–Kier alpha value is -1.69. The van der Waals surface area contributed by atoms with Crippen LogP contribution in [0.4, 0.5) is 8.78 Å². The number of imidazole rings is 1. The van der Waals surface area contributed by atoms with Crippen LogP contribution in [0.15, 0.2) is 30.7 Å². The van der Waals surface area contributed by atoms with Crippen LogP contribution in [0.5, 0.6) is 5.75 Å². The second-order valence-corrected chi connectivity index (χ2v) is 4.79. The third-order valence-corrected chi connectivity index (χ3v) is 3.29. The molecule has 0 N–H and O–H groups in total. The van der Waals surface area contributed by atoms with E-state index in [9.17, 15) is 8.78 Å². The third kappa shape index (κ3) is 2.84. The molecule has 1 saturated heterocycles. The van der Waals surface area contributed by atoms with Crippen LogP contribution in [0.3, 0.4) is 0 Å². The highest BCUT2D eigenvalue weighted by atomic mass is 19.3. The summed E-state index contributed by atoms with van der Waals surface area (Å²) in [5, 5.41) is 0. The molecule has 2 aromatic heterocycles. The number of pyridine rings is 1. The van der Waals surface area contributed by atoms with Gasteiger partial charge in [0.2, 0.25) is 0 Å². The third-order valence-electron chi connectivity index (χ3n) is 3.29. The van der Waals surface area contributed by atoms with E-state index in [4.69, 9.17) is 4.74 Å². The molecule has 1 aliphatic rings. The first-order valence-electron chi connectivity index (χ1n) is 6.28. The van der Waals surface area contributed by atoms with Crippen LogP contribution >= 0.6 is 0 Å². The molecule has 0 radical (unpaired) electrons. The number of fused-ring (bicyclic) bond motifs is 1. The van der Waals surface area contributed by atoms with Crippen molar-refractivity contribution in [1.82, 2.24) is 14.3 Å². The Bertz CT molecular complexity index is 570. The van der Waals surface area contributed by atoms with Crippen LogP contribution in [-0.2, 0) is 0 Å². The molecule has 1 aliphatic heterocycles. The van der Waals surface area contributed by atoms with E-state index in [0.29, 0.717) is 25.4 Å². The van der Waals surface area contributed by atoms with Crippen molar-refractivity contribution in [2.45, 2.75) is 12.3 Å². The minimum atomic E-state index is -2.53. The standard InChI is InChI=1S/C13H15F2N3O/c14-13(15)2-5-17(10-13)7-8-19-11-1-4-18-6-3-16-12(18)9-11/h1,3-4,6,9H,2,5,7-8,10H2. The predicted octanol–water partition coefficient (Wildman–Crippen LogP) is 2.05. The zero-order chi connectivity index (χ0) is 13.3. The van der Waals surface area contributed by atoms with Crippen LogP contribution in [0.1, 0.15) is 6.42 Å². The van der Waals surface area contributed by atoms with Gasteiger partial charge in [0.15, 0.2) is 0 Å². The minimum absolute atomic E-state index is 0.0486. The molecule has 4 nitrogen and oxygen atoms in total. The maximum atomic E-state index is 13.0. The second-order valence-electron chi connectivity index (χ2n) is 4.79. The fourth-order valence-corrected chi connectivity index (χ4v) is 2.27. The van der Waals surface area contributed by atoms with Gasteiger partial charge < -0.3 is 9.14 Å². The summed E-state index contributed by atoms with van der Waals surface area (Å²) in [4.78, 5) is 5.89. The zero-order valence-electron chi connectivity index (χ0n) is 10.4. The Morgan fingerprint density at radius 2 is 2.26 bits per heavy atom. The van der Waals surface area contributed by atoms with Gasteiger partial charge in [-0.3, -0.25) is 4.90 Å². The van der Waals surface area contributed by atoms with Crippen LogP contribution in [0.2, 0.25) is 0 Å². The molecular weight excluding hydrogens is 252 g/mol. The van der Waals surface area contributed by atoms with Gasteiger partial charge in [-0.1, -0.05) is 0 Å². The maximum Gasteiger partial charge on any atom is 0.261 e. The van der Waals surface area contributed by atoms with Gasteiger partial charge in [-0.15, -0.1) is 0 Å². The number of rotatable bonds is 4. The van der Waals surface area contributed by atoms with Crippen LogP contribution in [0, 0.1) is 0 Å². The number of alkyl halides is 2. The van der Waals surface area contributed by atoms with Crippen molar-refractivity contribution in [2.75, 3.05) is 26.2 Å². The lowest BCUT2D eigenvalue weighted by Crippen LogP contribution is -2.29. The second kappa shape index (κ2) is 4.77. The molecule has 3 heterocycles. The van der Waals surface area contributed by atoms with Gasteiger partial charge in [0.05, 0.1) is 6.54 Å². The van der Waals surface area contributed by atoms with Crippen molar-refractivity contribution in [3.63, 3.8) is 0 Å². The molecule has 0 atom stereocenters. The van der Waals surface area contributed by atoms with Crippen LogP contribution < -0.4 is 4.74 Å². The maximum absolute atomic E-state index is 13.0. The quantitative estimate of drug-likeness (QED) is 0.849. The first kappa shape index (κ1) is 12.3. The van der Waals surface area contributed by atoms with Gasteiger partial charge in [0, 0.05) is 44.2 Å². The molecule has 6 heteroatoms. The number of aromatic nitrogens is 2. The number of likely N-dealkylation sites (tertiary alicyclic amines) is 1. The van der Waals surface area contributed by atoms with E-state index in [-0.39, 0.29) is 13.0 Å². The lowest BCUT2D eigenvalue weighted by molar-refractivity contribution is 0.0113. The molecule has 0 spiro atoms. The minimum Gasteiger partial charge on any atom is -0.492 e. The van der Waals surface area contributed by atoms with Crippen molar-refractivity contribution in [2.24, 2.45) is 0 Å². The molecule has 3 rings (SSSR count). The summed E-state index contributed by atoms with van der Waals surface area (Å²) in [6, 6.07) is 3.67. The summed E-state index contributed by atoms with van der Waals surface area (Å²) in [6.07, 6.45) is 5.38. The largest absolute Gasteiger partial charge is 0.492 e. The zero-order valence-corrected chi connectivity index (χ0v) is 10.4. The van der Waals surface area contributed by atoms with Gasteiger partial charge in [0.1, 0.15) is 18.0 Å². The number of hydrogen-bond donors (Lipinski definition) is 0. The SMILES string of the molecule is FC1(F)CCN(CCOc2ccn3ccnc3c2)C1. The number of halogens is 2. The molecule has 0 aromatic carbocycles. The molecular formula is C13H15F2N3O. The Balaban J connectivity index is 1.52.